The molecule has 2 rings (SSSR count). The molecule has 0 saturated heterocycles. The van der Waals surface area contributed by atoms with E-state index in [2.05, 4.69) is 49.9 Å². The normalized spacial score (nSPS) is 11.1. The van der Waals surface area contributed by atoms with Crippen LogP contribution in [0.1, 0.15) is 18.1 Å². The summed E-state index contributed by atoms with van der Waals surface area (Å²) in [4.78, 5) is 0. The molecule has 2 heteroatoms. The molecule has 0 saturated carbocycles. The van der Waals surface area contributed by atoms with Crippen molar-refractivity contribution >= 4 is 22.7 Å². The fourth-order valence-electron chi connectivity index (χ4n) is 1.91. The number of benzene rings is 1. The Kier molecular flexibility index (Phi) is 3.06. The number of hydrogen-bond acceptors (Lipinski definition) is 1. The molecule has 0 aliphatic rings. The highest BCUT2D eigenvalue weighted by molar-refractivity contribution is 7.98. The second-order valence-corrected chi connectivity index (χ2v) is 5.20. The summed E-state index contributed by atoms with van der Waals surface area (Å²) >= 11 is 1.98. The molecule has 0 bridgehead atoms. The van der Waals surface area contributed by atoms with Crippen molar-refractivity contribution in [2.24, 2.45) is 7.05 Å². The highest BCUT2D eigenvalue weighted by atomic mass is 32.2. The number of hydrogen-bond donors (Lipinski definition) is 0. The SMILES string of the molecule is CCSCc1cn(C)c2ccc(C)cc12. The van der Waals surface area contributed by atoms with Crippen LogP contribution in [0.4, 0.5) is 0 Å². The lowest BCUT2D eigenvalue weighted by Crippen LogP contribution is -1.82. The van der Waals surface area contributed by atoms with E-state index in [1.807, 2.05) is 11.8 Å². The molecular formula is C13H17NS. The van der Waals surface area contributed by atoms with E-state index in [0.29, 0.717) is 0 Å². The first-order valence-electron chi connectivity index (χ1n) is 5.34. The molecule has 80 valence electrons. The van der Waals surface area contributed by atoms with Crippen molar-refractivity contribution in [3.63, 3.8) is 0 Å². The third kappa shape index (κ3) is 2.05. The van der Waals surface area contributed by atoms with Gasteiger partial charge in [0, 0.05) is 29.9 Å². The summed E-state index contributed by atoms with van der Waals surface area (Å²) in [5, 5.41) is 1.42. The molecule has 0 unspecified atom stereocenters. The van der Waals surface area contributed by atoms with Gasteiger partial charge < -0.3 is 4.57 Å². The van der Waals surface area contributed by atoms with Crippen molar-refractivity contribution in [2.45, 2.75) is 19.6 Å². The predicted molar refractivity (Wildman–Crippen MR) is 69.5 cm³/mol. The smallest absolute Gasteiger partial charge is 0.0481 e. The summed E-state index contributed by atoms with van der Waals surface area (Å²) in [6.45, 7) is 4.37. The standard InChI is InChI=1S/C13H17NS/c1-4-15-9-11-8-14(3)13-6-5-10(2)7-12(11)13/h5-8H,4,9H2,1-3H3. The van der Waals surface area contributed by atoms with E-state index in [0.717, 1.165) is 5.75 Å². The molecule has 0 aliphatic heterocycles. The summed E-state index contributed by atoms with van der Waals surface area (Å²) in [6, 6.07) is 6.69. The molecule has 15 heavy (non-hydrogen) atoms. The third-order valence-electron chi connectivity index (χ3n) is 2.69. The number of rotatable bonds is 3. The Labute approximate surface area is 95.5 Å². The molecule has 1 aromatic carbocycles. The van der Waals surface area contributed by atoms with E-state index in [1.165, 1.54) is 27.8 Å². The first-order chi connectivity index (χ1) is 7.22. The van der Waals surface area contributed by atoms with Crippen molar-refractivity contribution < 1.29 is 0 Å². The van der Waals surface area contributed by atoms with Gasteiger partial charge in [0.15, 0.2) is 0 Å². The monoisotopic (exact) mass is 219 g/mol. The lowest BCUT2D eigenvalue weighted by atomic mass is 10.1. The van der Waals surface area contributed by atoms with E-state index < -0.39 is 0 Å². The Morgan fingerprint density at radius 3 is 2.87 bits per heavy atom. The molecule has 0 atom stereocenters. The Hall–Kier alpha value is -0.890. The van der Waals surface area contributed by atoms with Gasteiger partial charge in [-0.25, -0.2) is 0 Å². The largest absolute Gasteiger partial charge is 0.350 e. The minimum absolute atomic E-state index is 1.12. The summed E-state index contributed by atoms with van der Waals surface area (Å²) in [7, 11) is 2.12. The zero-order chi connectivity index (χ0) is 10.8. The van der Waals surface area contributed by atoms with Gasteiger partial charge in [-0.05, 0) is 30.4 Å². The number of aromatic nitrogens is 1. The fourth-order valence-corrected chi connectivity index (χ4v) is 2.57. The maximum absolute atomic E-state index is 2.29. The van der Waals surface area contributed by atoms with Gasteiger partial charge in [-0.1, -0.05) is 18.6 Å². The molecule has 1 heterocycles. The van der Waals surface area contributed by atoms with Gasteiger partial charge in [0.2, 0.25) is 0 Å². The van der Waals surface area contributed by atoms with E-state index in [-0.39, 0.29) is 0 Å². The van der Waals surface area contributed by atoms with Crippen molar-refractivity contribution in [1.29, 1.82) is 0 Å². The van der Waals surface area contributed by atoms with Crippen LogP contribution in [0, 0.1) is 6.92 Å². The number of aryl methyl sites for hydroxylation is 2. The molecule has 0 spiro atoms. The van der Waals surface area contributed by atoms with E-state index >= 15 is 0 Å². The zero-order valence-electron chi connectivity index (χ0n) is 9.58. The van der Waals surface area contributed by atoms with Gasteiger partial charge in [0.05, 0.1) is 0 Å². The second kappa shape index (κ2) is 4.31. The topological polar surface area (TPSA) is 4.93 Å². The Balaban J connectivity index is 2.49. The average Bonchev–Trinajstić information content (AvgIpc) is 2.52. The van der Waals surface area contributed by atoms with Crippen molar-refractivity contribution in [3.05, 3.63) is 35.5 Å². The Bertz CT molecular complexity index is 471. The van der Waals surface area contributed by atoms with Crippen LogP contribution in [0.3, 0.4) is 0 Å². The van der Waals surface area contributed by atoms with Crippen LogP contribution in [0.5, 0.6) is 0 Å². The van der Waals surface area contributed by atoms with Crippen LogP contribution in [-0.4, -0.2) is 10.3 Å². The lowest BCUT2D eigenvalue weighted by Gasteiger charge is -1.98. The molecule has 1 nitrogen and oxygen atoms in total. The van der Waals surface area contributed by atoms with E-state index in [1.54, 1.807) is 0 Å². The minimum Gasteiger partial charge on any atom is -0.350 e. The van der Waals surface area contributed by atoms with Crippen LogP contribution in [0.2, 0.25) is 0 Å². The minimum atomic E-state index is 1.12. The van der Waals surface area contributed by atoms with Gasteiger partial charge in [0.25, 0.3) is 0 Å². The first-order valence-corrected chi connectivity index (χ1v) is 6.50. The van der Waals surface area contributed by atoms with E-state index in [9.17, 15) is 0 Å². The maximum atomic E-state index is 2.29. The molecular weight excluding hydrogens is 202 g/mol. The van der Waals surface area contributed by atoms with Crippen LogP contribution in [0.15, 0.2) is 24.4 Å². The van der Waals surface area contributed by atoms with Crippen molar-refractivity contribution in [1.82, 2.24) is 4.57 Å². The molecule has 0 N–H and O–H groups in total. The lowest BCUT2D eigenvalue weighted by molar-refractivity contribution is 0.963. The van der Waals surface area contributed by atoms with Gasteiger partial charge in [-0.2, -0.15) is 11.8 Å². The fraction of sp³-hybridized carbons (Fsp3) is 0.385. The highest BCUT2D eigenvalue weighted by Crippen LogP contribution is 2.25. The average molecular weight is 219 g/mol. The van der Waals surface area contributed by atoms with Gasteiger partial charge in [0.1, 0.15) is 0 Å². The molecule has 2 aromatic rings. The molecule has 0 aliphatic carbocycles. The molecule has 0 amide bonds. The van der Waals surface area contributed by atoms with Crippen molar-refractivity contribution in [3.8, 4) is 0 Å². The zero-order valence-corrected chi connectivity index (χ0v) is 10.4. The number of fused-ring (bicyclic) bond motifs is 1. The van der Waals surface area contributed by atoms with Crippen molar-refractivity contribution in [2.75, 3.05) is 5.75 Å². The van der Waals surface area contributed by atoms with Crippen LogP contribution in [-0.2, 0) is 12.8 Å². The maximum Gasteiger partial charge on any atom is 0.0481 e. The summed E-state index contributed by atoms with van der Waals surface area (Å²) in [5.74, 6) is 2.31. The van der Waals surface area contributed by atoms with E-state index in [4.69, 9.17) is 0 Å². The summed E-state index contributed by atoms with van der Waals surface area (Å²) < 4.78 is 2.22. The number of nitrogens with zero attached hydrogens (tertiary/aromatic N) is 1. The Morgan fingerprint density at radius 1 is 1.33 bits per heavy atom. The summed E-state index contributed by atoms with van der Waals surface area (Å²) in [5.41, 5.74) is 4.15. The third-order valence-corrected chi connectivity index (χ3v) is 3.61. The van der Waals surface area contributed by atoms with Gasteiger partial charge in [-0.15, -0.1) is 0 Å². The number of thioether (sulfide) groups is 1. The Morgan fingerprint density at radius 2 is 2.13 bits per heavy atom. The first kappa shape index (κ1) is 10.6. The predicted octanol–water partition coefficient (Wildman–Crippen LogP) is 3.74. The molecule has 0 fully saturated rings. The summed E-state index contributed by atoms with van der Waals surface area (Å²) in [6.07, 6.45) is 2.26. The molecule has 0 radical (unpaired) electrons. The van der Waals surface area contributed by atoms with Gasteiger partial charge in [-0.3, -0.25) is 0 Å². The molecule has 1 aromatic heterocycles. The van der Waals surface area contributed by atoms with Crippen LogP contribution in [0.25, 0.3) is 10.9 Å². The van der Waals surface area contributed by atoms with Crippen LogP contribution < -0.4 is 0 Å². The van der Waals surface area contributed by atoms with Gasteiger partial charge >= 0.3 is 0 Å². The quantitative estimate of drug-likeness (QED) is 0.761. The second-order valence-electron chi connectivity index (χ2n) is 3.92. The van der Waals surface area contributed by atoms with Crippen LogP contribution >= 0.6 is 11.8 Å². The highest BCUT2D eigenvalue weighted by Gasteiger charge is 2.05.